The van der Waals surface area contributed by atoms with E-state index in [9.17, 15) is 23.2 Å². The molecule has 1 fully saturated rings. The van der Waals surface area contributed by atoms with Crippen LogP contribution in [-0.2, 0) is 16.7 Å². The second-order valence-corrected chi connectivity index (χ2v) is 10.6. The lowest BCUT2D eigenvalue weighted by Crippen LogP contribution is -2.20. The third kappa shape index (κ3) is 6.64. The number of aromatic nitrogens is 1. The van der Waals surface area contributed by atoms with Crippen molar-refractivity contribution in [2.75, 3.05) is 7.11 Å². The fourth-order valence-corrected chi connectivity index (χ4v) is 5.65. The number of rotatable bonds is 9. The quantitative estimate of drug-likeness (QED) is 0.127. The molecule has 212 valence electrons. The van der Waals surface area contributed by atoms with Crippen LogP contribution in [0.4, 0.5) is 13.2 Å². The topological polar surface area (TPSA) is 87.4 Å². The van der Waals surface area contributed by atoms with Gasteiger partial charge in [-0.2, -0.15) is 23.5 Å². The molecular weight excluding hydrogens is 561 g/mol. The van der Waals surface area contributed by atoms with Crippen LogP contribution in [0.1, 0.15) is 40.3 Å². The van der Waals surface area contributed by atoms with Crippen molar-refractivity contribution in [3.05, 3.63) is 113 Å². The van der Waals surface area contributed by atoms with Gasteiger partial charge in [-0.05, 0) is 53.3 Å². The van der Waals surface area contributed by atoms with Crippen molar-refractivity contribution >= 4 is 23.9 Å². The molecule has 0 radical (unpaired) electrons. The Kier molecular flexibility index (Phi) is 8.59. The van der Waals surface area contributed by atoms with Gasteiger partial charge in [-0.3, -0.25) is 4.79 Å². The molecule has 1 aliphatic carbocycles. The van der Waals surface area contributed by atoms with Crippen molar-refractivity contribution in [2.24, 2.45) is 11.0 Å². The number of nitrogens with zero attached hydrogens (tertiary/aromatic N) is 3. The van der Waals surface area contributed by atoms with Crippen LogP contribution in [-0.4, -0.2) is 24.2 Å². The molecule has 6 nitrogen and oxygen atoms in total. The highest BCUT2D eigenvalue weighted by Crippen LogP contribution is 2.47. The first-order valence-electron chi connectivity index (χ1n) is 13.0. The van der Waals surface area contributed by atoms with Gasteiger partial charge in [-0.15, -0.1) is 11.8 Å². The van der Waals surface area contributed by atoms with E-state index in [0.717, 1.165) is 29.8 Å². The van der Waals surface area contributed by atoms with Gasteiger partial charge in [0.2, 0.25) is 5.91 Å². The minimum absolute atomic E-state index is 0.0306. The van der Waals surface area contributed by atoms with E-state index < -0.39 is 11.9 Å². The van der Waals surface area contributed by atoms with Crippen LogP contribution in [0.2, 0.25) is 0 Å². The van der Waals surface area contributed by atoms with Crippen molar-refractivity contribution in [1.82, 2.24) is 10.4 Å². The Labute approximate surface area is 245 Å². The summed E-state index contributed by atoms with van der Waals surface area (Å²) in [6.45, 7) is 0. The van der Waals surface area contributed by atoms with Gasteiger partial charge in [0.1, 0.15) is 22.5 Å². The highest BCUT2D eigenvalue weighted by Gasteiger charge is 2.43. The Morgan fingerprint density at radius 2 is 1.83 bits per heavy atom. The van der Waals surface area contributed by atoms with Gasteiger partial charge in [0.25, 0.3) is 0 Å². The van der Waals surface area contributed by atoms with Crippen LogP contribution in [0.15, 0.2) is 95.1 Å². The number of thioether (sulfide) groups is 1. The van der Waals surface area contributed by atoms with E-state index in [1.165, 1.54) is 13.3 Å². The van der Waals surface area contributed by atoms with E-state index in [1.54, 1.807) is 48.5 Å². The van der Waals surface area contributed by atoms with Crippen LogP contribution < -0.4 is 10.2 Å². The largest absolute Gasteiger partial charge is 0.496 e. The SMILES string of the molecule is COc1ccc(C=NNC(=O)C2CC2c2ccccc2)cc1CSc1nc(C(F)(F)F)cc(-c2ccccc2)c1C#N. The van der Waals surface area contributed by atoms with E-state index in [0.29, 0.717) is 22.4 Å². The number of alkyl halides is 3. The van der Waals surface area contributed by atoms with Gasteiger partial charge < -0.3 is 4.74 Å². The highest BCUT2D eigenvalue weighted by molar-refractivity contribution is 7.98. The van der Waals surface area contributed by atoms with Crippen molar-refractivity contribution < 1.29 is 22.7 Å². The third-order valence-corrected chi connectivity index (χ3v) is 7.91. The van der Waals surface area contributed by atoms with Crippen molar-refractivity contribution in [3.8, 4) is 22.9 Å². The van der Waals surface area contributed by atoms with Gasteiger partial charge in [0.15, 0.2) is 0 Å². The number of halogens is 3. The molecule has 5 rings (SSSR count). The zero-order chi connectivity index (χ0) is 29.7. The van der Waals surface area contributed by atoms with Crippen molar-refractivity contribution in [1.29, 1.82) is 5.26 Å². The molecule has 0 bridgehead atoms. The molecule has 1 amide bonds. The lowest BCUT2D eigenvalue weighted by molar-refractivity contribution is -0.141. The fraction of sp³-hybridized carbons (Fsp3) is 0.188. The number of hydrazone groups is 1. The molecule has 0 saturated heterocycles. The Morgan fingerprint density at radius 1 is 1.12 bits per heavy atom. The zero-order valence-electron chi connectivity index (χ0n) is 22.4. The summed E-state index contributed by atoms with van der Waals surface area (Å²) in [6.07, 6.45) is -2.41. The number of carbonyl (C=O) groups is 1. The first-order valence-corrected chi connectivity index (χ1v) is 14.0. The molecule has 0 aliphatic heterocycles. The van der Waals surface area contributed by atoms with Gasteiger partial charge in [0, 0.05) is 22.8 Å². The van der Waals surface area contributed by atoms with E-state index in [2.05, 4.69) is 15.5 Å². The third-order valence-electron chi connectivity index (χ3n) is 6.89. The molecule has 2 unspecified atom stereocenters. The maximum Gasteiger partial charge on any atom is 0.433 e. The predicted octanol–water partition coefficient (Wildman–Crippen LogP) is 7.19. The van der Waals surface area contributed by atoms with E-state index in [4.69, 9.17) is 4.74 Å². The lowest BCUT2D eigenvalue weighted by atomic mass is 10.0. The number of benzene rings is 3. The Bertz CT molecular complexity index is 1650. The van der Waals surface area contributed by atoms with Gasteiger partial charge in [-0.25, -0.2) is 10.4 Å². The lowest BCUT2D eigenvalue weighted by Gasteiger charge is -2.15. The number of pyridine rings is 1. The standard InChI is InChI=1S/C32H25F3N4O2S/c1-41-28-13-12-20(18-37-39-30(40)26-15-24(26)21-8-4-2-5-9-21)14-23(28)19-42-31-27(17-36)25(22-10-6-3-7-11-22)16-29(38-31)32(33,34)35/h2-14,16,18,24,26H,15,19H2,1H3,(H,39,40). The van der Waals surface area contributed by atoms with Gasteiger partial charge in [-0.1, -0.05) is 60.7 Å². The summed E-state index contributed by atoms with van der Waals surface area (Å²) in [4.78, 5) is 16.3. The average Bonchev–Trinajstić information content (AvgIpc) is 3.81. The van der Waals surface area contributed by atoms with Crippen LogP contribution >= 0.6 is 11.8 Å². The van der Waals surface area contributed by atoms with Crippen molar-refractivity contribution in [3.63, 3.8) is 0 Å². The number of hydrogen-bond acceptors (Lipinski definition) is 6. The minimum atomic E-state index is -4.69. The molecule has 4 aromatic rings. The molecule has 1 aliphatic rings. The molecule has 0 spiro atoms. The molecule has 1 N–H and O–H groups in total. The second kappa shape index (κ2) is 12.5. The molecule has 3 aromatic carbocycles. The van der Waals surface area contributed by atoms with Crippen LogP contribution in [0.5, 0.6) is 5.75 Å². The maximum atomic E-state index is 13.8. The summed E-state index contributed by atoms with van der Waals surface area (Å²) in [5, 5.41) is 14.0. The monoisotopic (exact) mass is 586 g/mol. The minimum Gasteiger partial charge on any atom is -0.496 e. The van der Waals surface area contributed by atoms with Crippen molar-refractivity contribution in [2.45, 2.75) is 29.3 Å². The van der Waals surface area contributed by atoms with Gasteiger partial charge >= 0.3 is 6.18 Å². The van der Waals surface area contributed by atoms with E-state index in [-0.39, 0.29) is 39.6 Å². The van der Waals surface area contributed by atoms with Gasteiger partial charge in [0.05, 0.1) is 18.9 Å². The number of methoxy groups -OCH3 is 1. The molecule has 1 saturated carbocycles. The predicted molar refractivity (Wildman–Crippen MR) is 155 cm³/mol. The number of hydrogen-bond donors (Lipinski definition) is 1. The Balaban J connectivity index is 1.33. The second-order valence-electron chi connectivity index (χ2n) is 9.66. The fourth-order valence-electron chi connectivity index (χ4n) is 4.67. The molecule has 1 heterocycles. The summed E-state index contributed by atoms with van der Waals surface area (Å²) in [5.41, 5.74) is 4.69. The van der Waals surface area contributed by atoms with Crippen LogP contribution in [0, 0.1) is 17.2 Å². The summed E-state index contributed by atoms with van der Waals surface area (Å²) in [7, 11) is 1.49. The van der Waals surface area contributed by atoms with E-state index >= 15 is 0 Å². The highest BCUT2D eigenvalue weighted by atomic mass is 32.2. The molecular formula is C32H25F3N4O2S. The first kappa shape index (κ1) is 28.9. The number of amides is 1. The van der Waals surface area contributed by atoms with Crippen LogP contribution in [0.3, 0.4) is 0 Å². The molecule has 2 atom stereocenters. The van der Waals surface area contributed by atoms with E-state index in [1.807, 2.05) is 36.4 Å². The maximum absolute atomic E-state index is 13.8. The number of nitrogens with one attached hydrogen (secondary N) is 1. The molecule has 10 heteroatoms. The first-order chi connectivity index (χ1) is 20.3. The van der Waals surface area contributed by atoms with Crippen LogP contribution in [0.25, 0.3) is 11.1 Å². The number of carbonyl (C=O) groups excluding carboxylic acids is 1. The summed E-state index contributed by atoms with van der Waals surface area (Å²) in [6, 6.07) is 26.5. The smallest absolute Gasteiger partial charge is 0.433 e. The zero-order valence-corrected chi connectivity index (χ0v) is 23.2. The average molecular weight is 587 g/mol. The summed E-state index contributed by atoms with van der Waals surface area (Å²) >= 11 is 1.01. The Hall–Kier alpha value is -4.62. The molecule has 1 aromatic heterocycles. The Morgan fingerprint density at radius 3 is 2.50 bits per heavy atom. The molecule has 42 heavy (non-hydrogen) atoms. The normalized spacial score (nSPS) is 16.2. The number of ether oxygens (including phenoxy) is 1. The number of nitriles is 1. The summed E-state index contributed by atoms with van der Waals surface area (Å²) in [5.74, 6) is 0.605. The summed E-state index contributed by atoms with van der Waals surface area (Å²) < 4.78 is 46.7.